The summed E-state index contributed by atoms with van der Waals surface area (Å²) in [5, 5.41) is 9.06. The van der Waals surface area contributed by atoms with Crippen LogP contribution in [0, 0.1) is 5.92 Å². The van der Waals surface area contributed by atoms with Gasteiger partial charge in [0.05, 0.1) is 27.6 Å². The predicted molar refractivity (Wildman–Crippen MR) is 146 cm³/mol. The van der Waals surface area contributed by atoms with Crippen molar-refractivity contribution in [2.45, 2.75) is 42.9 Å². The van der Waals surface area contributed by atoms with Crippen LogP contribution in [0.25, 0.3) is 0 Å². The SMILES string of the molecule is CN1CCC[C@@H](NC(=O)C2=C3NC(=O)N(c4ccc(Oc5ccccc5)cc4C(F)(F)F)C4CCNC(S2)C34)C1. The molecule has 3 fully saturated rings. The number of halogens is 3. The van der Waals surface area contributed by atoms with Gasteiger partial charge in [-0.25, -0.2) is 4.79 Å². The van der Waals surface area contributed by atoms with E-state index in [9.17, 15) is 22.8 Å². The number of amides is 3. The number of urea groups is 1. The molecule has 4 heterocycles. The monoisotopic (exact) mass is 573 g/mol. The number of likely N-dealkylation sites (tertiary alicyclic amines) is 1. The molecule has 4 aliphatic rings. The number of rotatable bonds is 5. The zero-order valence-electron chi connectivity index (χ0n) is 21.8. The first-order valence-corrected chi connectivity index (χ1v) is 14.2. The third-order valence-corrected chi connectivity index (χ3v) is 9.17. The zero-order valence-corrected chi connectivity index (χ0v) is 22.6. The molecule has 3 saturated heterocycles. The fourth-order valence-corrected chi connectivity index (χ4v) is 7.48. The Morgan fingerprint density at radius 1 is 1.12 bits per heavy atom. The second-order valence-electron chi connectivity index (χ2n) is 10.6. The van der Waals surface area contributed by atoms with E-state index in [4.69, 9.17) is 4.74 Å². The van der Waals surface area contributed by atoms with Gasteiger partial charge in [-0.05, 0) is 69.7 Å². The van der Waals surface area contributed by atoms with Crippen molar-refractivity contribution >= 4 is 29.4 Å². The van der Waals surface area contributed by atoms with Gasteiger partial charge in [0.1, 0.15) is 11.5 Å². The van der Waals surface area contributed by atoms with Crippen LogP contribution >= 0.6 is 11.8 Å². The van der Waals surface area contributed by atoms with Crippen LogP contribution < -0.4 is 25.6 Å². The first kappa shape index (κ1) is 27.0. The maximum Gasteiger partial charge on any atom is 0.418 e. The van der Waals surface area contributed by atoms with Gasteiger partial charge in [-0.2, -0.15) is 13.2 Å². The van der Waals surface area contributed by atoms with Crippen molar-refractivity contribution in [2.75, 3.05) is 31.6 Å². The highest BCUT2D eigenvalue weighted by Gasteiger charge is 2.53. The van der Waals surface area contributed by atoms with Crippen molar-refractivity contribution in [3.8, 4) is 11.5 Å². The number of nitrogens with one attached hydrogen (secondary N) is 3. The fourth-order valence-electron chi connectivity index (χ4n) is 6.08. The van der Waals surface area contributed by atoms with E-state index < -0.39 is 23.8 Å². The van der Waals surface area contributed by atoms with Crippen molar-refractivity contribution in [3.63, 3.8) is 0 Å². The molecule has 0 aromatic heterocycles. The smallest absolute Gasteiger partial charge is 0.418 e. The summed E-state index contributed by atoms with van der Waals surface area (Å²) in [6.45, 7) is 2.24. The minimum absolute atomic E-state index is 0.00749. The summed E-state index contributed by atoms with van der Waals surface area (Å²) in [6.07, 6.45) is -2.42. The Kier molecular flexibility index (Phi) is 7.18. The number of para-hydroxylation sites is 1. The molecule has 3 unspecified atom stereocenters. The highest BCUT2D eigenvalue weighted by Crippen LogP contribution is 2.49. The Bertz CT molecular complexity index is 1340. The molecule has 0 saturated carbocycles. The van der Waals surface area contributed by atoms with Crippen LogP contribution in [0.5, 0.6) is 11.5 Å². The van der Waals surface area contributed by atoms with E-state index in [0.29, 0.717) is 29.3 Å². The third-order valence-electron chi connectivity index (χ3n) is 7.82. The topological polar surface area (TPSA) is 85.9 Å². The lowest BCUT2D eigenvalue weighted by molar-refractivity contribution is -0.137. The number of anilines is 1. The third kappa shape index (κ3) is 5.15. The van der Waals surface area contributed by atoms with Crippen LogP contribution in [0.3, 0.4) is 0 Å². The zero-order chi connectivity index (χ0) is 28.0. The number of hydrogen-bond acceptors (Lipinski definition) is 6. The maximum atomic E-state index is 14.4. The van der Waals surface area contributed by atoms with E-state index in [1.165, 1.54) is 28.8 Å². The van der Waals surface area contributed by atoms with Crippen LogP contribution in [-0.4, -0.2) is 61.0 Å². The molecule has 0 bridgehead atoms. The molecule has 3 amide bonds. The van der Waals surface area contributed by atoms with E-state index in [0.717, 1.165) is 32.0 Å². The first-order valence-electron chi connectivity index (χ1n) is 13.4. The number of thioether (sulfide) groups is 1. The Morgan fingerprint density at radius 2 is 1.93 bits per heavy atom. The number of carbonyl (C=O) groups excluding carboxylic acids is 2. The lowest BCUT2D eigenvalue weighted by Crippen LogP contribution is -2.62. The summed E-state index contributed by atoms with van der Waals surface area (Å²) >= 11 is 1.34. The Balaban J connectivity index is 1.31. The van der Waals surface area contributed by atoms with Gasteiger partial charge in [-0.15, -0.1) is 0 Å². The summed E-state index contributed by atoms with van der Waals surface area (Å²) < 4.78 is 48.7. The van der Waals surface area contributed by atoms with Gasteiger partial charge in [0.15, 0.2) is 0 Å². The lowest BCUT2D eigenvalue weighted by Gasteiger charge is -2.46. The first-order chi connectivity index (χ1) is 19.2. The lowest BCUT2D eigenvalue weighted by atomic mass is 9.86. The van der Waals surface area contributed by atoms with Gasteiger partial charge in [0, 0.05) is 24.2 Å². The molecule has 212 valence electrons. The molecule has 2 aromatic carbocycles. The molecular weight excluding hydrogens is 543 g/mol. The number of nitrogens with zero attached hydrogens (tertiary/aromatic N) is 2. The number of ether oxygens (including phenoxy) is 1. The molecule has 12 heteroatoms. The molecule has 4 aliphatic heterocycles. The number of piperidine rings is 2. The average molecular weight is 574 g/mol. The van der Waals surface area contributed by atoms with E-state index >= 15 is 0 Å². The summed E-state index contributed by atoms with van der Waals surface area (Å²) in [4.78, 5) is 30.7. The molecule has 4 atom stereocenters. The van der Waals surface area contributed by atoms with Gasteiger partial charge in [0.25, 0.3) is 5.91 Å². The minimum atomic E-state index is -4.73. The van der Waals surface area contributed by atoms with Crippen LogP contribution in [0.15, 0.2) is 59.1 Å². The molecule has 0 spiro atoms. The van der Waals surface area contributed by atoms with Crippen LogP contribution in [-0.2, 0) is 11.0 Å². The van der Waals surface area contributed by atoms with E-state index in [1.807, 2.05) is 7.05 Å². The molecule has 3 N–H and O–H groups in total. The van der Waals surface area contributed by atoms with Crippen LogP contribution in [0.2, 0.25) is 0 Å². The van der Waals surface area contributed by atoms with Crippen LogP contribution in [0.4, 0.5) is 23.7 Å². The summed E-state index contributed by atoms with van der Waals surface area (Å²) in [5.74, 6) is -0.175. The number of likely N-dealkylation sites (N-methyl/N-ethyl adjacent to an activating group) is 1. The van der Waals surface area contributed by atoms with Crippen molar-refractivity contribution in [1.29, 1.82) is 0 Å². The predicted octanol–water partition coefficient (Wildman–Crippen LogP) is 4.50. The van der Waals surface area contributed by atoms with E-state index in [2.05, 4.69) is 20.9 Å². The average Bonchev–Trinajstić information content (AvgIpc) is 3.29. The van der Waals surface area contributed by atoms with Gasteiger partial charge in [-0.1, -0.05) is 30.0 Å². The molecule has 0 aliphatic carbocycles. The van der Waals surface area contributed by atoms with Crippen molar-refractivity contribution in [3.05, 3.63) is 64.7 Å². The van der Waals surface area contributed by atoms with Gasteiger partial charge >= 0.3 is 12.2 Å². The summed E-state index contributed by atoms with van der Waals surface area (Å²) in [5.41, 5.74) is -0.695. The van der Waals surface area contributed by atoms with Gasteiger partial charge in [-0.3, -0.25) is 9.69 Å². The maximum absolute atomic E-state index is 14.4. The summed E-state index contributed by atoms with van der Waals surface area (Å²) in [6, 6.07) is 11.0. The molecule has 8 nitrogen and oxygen atoms in total. The number of benzene rings is 2. The van der Waals surface area contributed by atoms with Crippen molar-refractivity contribution in [2.24, 2.45) is 5.92 Å². The highest BCUT2D eigenvalue weighted by molar-refractivity contribution is 8.04. The Hall–Kier alpha value is -3.22. The standard InChI is InChI=1S/C28H30F3N5O3S/c1-35-13-5-6-16(15-35)33-25(37)24-23-22-21(11-12-32-26(22)40-24)36(27(38)34-23)20-10-9-18(14-19(20)28(29,30)31)39-17-7-3-2-4-8-17/h2-4,7-10,14,16,21-22,26,32H,5-6,11-13,15H2,1H3,(H,33,37)(H,34,38)/t16-,21?,22?,26?/m1/s1. The number of hydrogen-bond donors (Lipinski definition) is 3. The Labute approximate surface area is 234 Å². The number of alkyl halides is 3. The molecule has 0 radical (unpaired) electrons. The molecule has 40 heavy (non-hydrogen) atoms. The second-order valence-corrected chi connectivity index (χ2v) is 11.7. The van der Waals surface area contributed by atoms with Gasteiger partial charge < -0.3 is 25.6 Å². The second kappa shape index (κ2) is 10.6. The molecule has 2 aromatic rings. The van der Waals surface area contributed by atoms with Crippen molar-refractivity contribution < 1.29 is 27.5 Å². The minimum Gasteiger partial charge on any atom is -0.457 e. The molecule has 6 rings (SSSR count). The van der Waals surface area contributed by atoms with Gasteiger partial charge in [0.2, 0.25) is 0 Å². The quantitative estimate of drug-likeness (QED) is 0.489. The van der Waals surface area contributed by atoms with E-state index in [1.54, 1.807) is 30.3 Å². The van der Waals surface area contributed by atoms with Crippen molar-refractivity contribution in [1.82, 2.24) is 20.9 Å². The fraction of sp³-hybridized carbons (Fsp3) is 0.429. The van der Waals surface area contributed by atoms with E-state index in [-0.39, 0.29) is 34.7 Å². The highest BCUT2D eigenvalue weighted by atomic mass is 32.2. The molecular formula is C28H30F3N5O3S. The normalized spacial score (nSPS) is 26.8. The largest absolute Gasteiger partial charge is 0.457 e. The number of carbonyl (C=O) groups is 2. The summed E-state index contributed by atoms with van der Waals surface area (Å²) in [7, 11) is 2.01. The van der Waals surface area contributed by atoms with Crippen LogP contribution in [0.1, 0.15) is 24.8 Å². The Morgan fingerprint density at radius 3 is 2.67 bits per heavy atom.